The van der Waals surface area contributed by atoms with Gasteiger partial charge in [-0.3, -0.25) is 4.79 Å². The third-order valence-corrected chi connectivity index (χ3v) is 1.90. The largest absolute Gasteiger partial charge is 0.469 e. The monoisotopic (exact) mass is 240 g/mol. The van der Waals surface area contributed by atoms with Crippen molar-refractivity contribution in [3.8, 4) is 0 Å². The van der Waals surface area contributed by atoms with Gasteiger partial charge in [0.1, 0.15) is 0 Å². The average Bonchev–Trinajstić information content (AvgIpc) is 1.87. The summed E-state index contributed by atoms with van der Waals surface area (Å²) in [6, 6.07) is 0. The molecule has 2 nitrogen and oxygen atoms in total. The Morgan fingerprint density at radius 3 is 2.67 bits per heavy atom. The summed E-state index contributed by atoms with van der Waals surface area (Å²) >= 11 is 2.09. The molecule has 0 heterocycles. The number of methoxy groups -OCH3 is 1. The Bertz CT molecular complexity index is 129. The Balaban J connectivity index is 3.60. The molecular formula is C6H9IO2. The van der Waals surface area contributed by atoms with Crippen LogP contribution in [0.4, 0.5) is 0 Å². The highest BCUT2D eigenvalue weighted by Gasteiger charge is 1.98. The molecule has 0 aliphatic heterocycles. The topological polar surface area (TPSA) is 26.3 Å². The molecule has 0 aliphatic carbocycles. The molecule has 0 bridgehead atoms. The summed E-state index contributed by atoms with van der Waals surface area (Å²) in [6.07, 6.45) is 0.402. The van der Waals surface area contributed by atoms with E-state index in [1.54, 1.807) is 0 Å². The number of rotatable bonds is 2. The van der Waals surface area contributed by atoms with E-state index < -0.39 is 0 Å². The second-order valence-electron chi connectivity index (χ2n) is 1.71. The predicted molar refractivity (Wildman–Crippen MR) is 44.4 cm³/mol. The number of esters is 1. The molecule has 0 aromatic carbocycles. The van der Waals surface area contributed by atoms with Crippen LogP contribution in [0.25, 0.3) is 0 Å². The summed E-state index contributed by atoms with van der Waals surface area (Å²) in [6.45, 7) is 1.89. The molecule has 0 saturated heterocycles. The molecule has 52 valence electrons. The molecule has 0 fully saturated rings. The lowest BCUT2D eigenvalue weighted by molar-refractivity contribution is -0.139. The molecule has 0 aromatic rings. The van der Waals surface area contributed by atoms with Crippen molar-refractivity contribution in [3.63, 3.8) is 0 Å². The van der Waals surface area contributed by atoms with E-state index in [1.807, 2.05) is 11.0 Å². The van der Waals surface area contributed by atoms with Gasteiger partial charge in [0.25, 0.3) is 0 Å². The molecule has 0 N–H and O–H groups in total. The van der Waals surface area contributed by atoms with Gasteiger partial charge >= 0.3 is 5.97 Å². The van der Waals surface area contributed by atoms with Crippen molar-refractivity contribution < 1.29 is 9.53 Å². The fourth-order valence-electron chi connectivity index (χ4n) is 0.338. The summed E-state index contributed by atoms with van der Waals surface area (Å²) in [7, 11) is 1.39. The predicted octanol–water partition coefficient (Wildman–Crippen LogP) is 1.89. The van der Waals surface area contributed by atoms with Crippen molar-refractivity contribution in [3.05, 3.63) is 9.66 Å². The third-order valence-electron chi connectivity index (χ3n) is 0.837. The van der Waals surface area contributed by atoms with E-state index in [-0.39, 0.29) is 5.97 Å². The fraction of sp³-hybridized carbons (Fsp3) is 0.500. The van der Waals surface area contributed by atoms with E-state index in [4.69, 9.17) is 0 Å². The SMILES string of the molecule is COC(=O)C/C(C)=C/I. The van der Waals surface area contributed by atoms with Crippen molar-refractivity contribution in [1.82, 2.24) is 0 Å². The van der Waals surface area contributed by atoms with E-state index in [0.29, 0.717) is 6.42 Å². The van der Waals surface area contributed by atoms with E-state index in [0.717, 1.165) is 5.57 Å². The summed E-state index contributed by atoms with van der Waals surface area (Å²) in [5, 5.41) is 0. The van der Waals surface area contributed by atoms with Crippen molar-refractivity contribution in [2.24, 2.45) is 0 Å². The molecule has 3 heteroatoms. The molecule has 0 rings (SSSR count). The van der Waals surface area contributed by atoms with Crippen LogP contribution in [0.15, 0.2) is 9.66 Å². The van der Waals surface area contributed by atoms with Gasteiger partial charge in [-0.2, -0.15) is 0 Å². The van der Waals surface area contributed by atoms with Gasteiger partial charge in [-0.15, -0.1) is 0 Å². The maximum Gasteiger partial charge on any atom is 0.309 e. The minimum absolute atomic E-state index is 0.180. The van der Waals surface area contributed by atoms with Crippen LogP contribution in [0.1, 0.15) is 13.3 Å². The number of hydrogen-bond donors (Lipinski definition) is 0. The lowest BCUT2D eigenvalue weighted by Crippen LogP contribution is -1.99. The standard InChI is InChI=1S/C6H9IO2/c1-5(4-7)3-6(8)9-2/h4H,3H2,1-2H3/b5-4+. The molecule has 0 aliphatic rings. The number of hydrogen-bond acceptors (Lipinski definition) is 2. The number of carbonyl (C=O) groups is 1. The van der Waals surface area contributed by atoms with E-state index in [1.165, 1.54) is 7.11 Å². The van der Waals surface area contributed by atoms with Crippen LogP contribution in [0.2, 0.25) is 0 Å². The van der Waals surface area contributed by atoms with Crippen molar-refractivity contribution in [1.29, 1.82) is 0 Å². The summed E-state index contributed by atoms with van der Waals surface area (Å²) < 4.78 is 6.31. The Labute approximate surface area is 68.4 Å². The highest BCUT2D eigenvalue weighted by atomic mass is 127. The molecule has 0 amide bonds. The Morgan fingerprint density at radius 2 is 2.33 bits per heavy atom. The lowest BCUT2D eigenvalue weighted by Gasteiger charge is -1.95. The average molecular weight is 240 g/mol. The van der Waals surface area contributed by atoms with E-state index in [9.17, 15) is 4.79 Å². The lowest BCUT2D eigenvalue weighted by atomic mass is 10.2. The maximum atomic E-state index is 10.5. The van der Waals surface area contributed by atoms with Crippen LogP contribution in [-0.2, 0) is 9.53 Å². The van der Waals surface area contributed by atoms with Crippen LogP contribution >= 0.6 is 22.6 Å². The third kappa shape index (κ3) is 4.44. The smallest absolute Gasteiger partial charge is 0.309 e. The van der Waals surface area contributed by atoms with E-state index >= 15 is 0 Å². The zero-order chi connectivity index (χ0) is 7.28. The molecule has 0 aromatic heterocycles. The zero-order valence-corrected chi connectivity index (χ0v) is 7.64. The van der Waals surface area contributed by atoms with Gasteiger partial charge < -0.3 is 4.74 Å². The first-order valence-electron chi connectivity index (χ1n) is 2.53. The first kappa shape index (κ1) is 8.94. The van der Waals surface area contributed by atoms with Crippen molar-refractivity contribution in [2.45, 2.75) is 13.3 Å². The quantitative estimate of drug-likeness (QED) is 0.544. The van der Waals surface area contributed by atoms with Crippen LogP contribution < -0.4 is 0 Å². The second kappa shape index (κ2) is 4.78. The molecule has 0 saturated carbocycles. The highest BCUT2D eigenvalue weighted by Crippen LogP contribution is 2.03. The van der Waals surface area contributed by atoms with Crippen LogP contribution in [0.3, 0.4) is 0 Å². The minimum Gasteiger partial charge on any atom is -0.469 e. The van der Waals surface area contributed by atoms with Gasteiger partial charge in [-0.25, -0.2) is 0 Å². The highest BCUT2D eigenvalue weighted by molar-refractivity contribution is 14.1. The van der Waals surface area contributed by atoms with Gasteiger partial charge in [0, 0.05) is 0 Å². The molecule has 0 spiro atoms. The first-order valence-corrected chi connectivity index (χ1v) is 3.78. The Hall–Kier alpha value is -0.0600. The van der Waals surface area contributed by atoms with Gasteiger partial charge in [0.15, 0.2) is 0 Å². The fourth-order valence-corrected chi connectivity index (χ4v) is 0.559. The molecule has 0 atom stereocenters. The van der Waals surface area contributed by atoms with Crippen molar-refractivity contribution in [2.75, 3.05) is 7.11 Å². The number of ether oxygens (including phenoxy) is 1. The van der Waals surface area contributed by atoms with Gasteiger partial charge in [0.05, 0.1) is 13.5 Å². The molecule has 0 radical (unpaired) electrons. The normalized spacial score (nSPS) is 11.2. The van der Waals surface area contributed by atoms with Crippen molar-refractivity contribution >= 4 is 28.6 Å². The maximum absolute atomic E-state index is 10.5. The molecule has 0 unspecified atom stereocenters. The van der Waals surface area contributed by atoms with Gasteiger partial charge in [-0.1, -0.05) is 28.2 Å². The summed E-state index contributed by atoms with van der Waals surface area (Å²) in [4.78, 5) is 10.5. The Kier molecular flexibility index (Phi) is 4.75. The van der Waals surface area contributed by atoms with Gasteiger partial charge in [0.2, 0.25) is 0 Å². The first-order chi connectivity index (χ1) is 4.20. The summed E-state index contributed by atoms with van der Waals surface area (Å²) in [5.41, 5.74) is 1.03. The zero-order valence-electron chi connectivity index (χ0n) is 5.48. The van der Waals surface area contributed by atoms with Crippen LogP contribution in [-0.4, -0.2) is 13.1 Å². The summed E-state index contributed by atoms with van der Waals surface area (Å²) in [5.74, 6) is -0.180. The number of halogens is 1. The number of carbonyl (C=O) groups excluding carboxylic acids is 1. The van der Waals surface area contributed by atoms with Crippen LogP contribution in [0.5, 0.6) is 0 Å². The Morgan fingerprint density at radius 1 is 1.78 bits per heavy atom. The molecular weight excluding hydrogens is 231 g/mol. The minimum atomic E-state index is -0.180. The van der Waals surface area contributed by atoms with E-state index in [2.05, 4.69) is 27.3 Å². The van der Waals surface area contributed by atoms with Gasteiger partial charge in [-0.05, 0) is 11.0 Å². The van der Waals surface area contributed by atoms with Crippen LogP contribution in [0, 0.1) is 0 Å². The molecule has 9 heavy (non-hydrogen) atoms. The second-order valence-corrected chi connectivity index (χ2v) is 2.33.